The van der Waals surface area contributed by atoms with Crippen molar-refractivity contribution in [3.8, 4) is 5.88 Å². The Bertz CT molecular complexity index is 541. The van der Waals surface area contributed by atoms with Crippen LogP contribution < -0.4 is 9.64 Å². The molecule has 2 aromatic rings. The Morgan fingerprint density at radius 2 is 1.83 bits per heavy atom. The van der Waals surface area contributed by atoms with Crippen LogP contribution in [0.4, 0.5) is 5.82 Å². The van der Waals surface area contributed by atoms with Gasteiger partial charge in [-0.1, -0.05) is 24.3 Å². The molecule has 0 aliphatic rings. The minimum Gasteiger partial charge on any atom is -0.481 e. The van der Waals surface area contributed by atoms with Crippen molar-refractivity contribution in [1.82, 2.24) is 4.98 Å². The van der Waals surface area contributed by atoms with Gasteiger partial charge >= 0.3 is 0 Å². The highest BCUT2D eigenvalue weighted by Crippen LogP contribution is 2.16. The first-order valence-corrected chi connectivity index (χ1v) is 5.56. The Balaban J connectivity index is 2.25. The average Bonchev–Trinajstić information content (AvgIpc) is 2.46. The molecule has 0 fully saturated rings. The van der Waals surface area contributed by atoms with Crippen molar-refractivity contribution in [3.63, 3.8) is 0 Å². The lowest BCUT2D eigenvalue weighted by atomic mass is 10.2. The van der Waals surface area contributed by atoms with E-state index in [1.165, 1.54) is 4.90 Å². The first kappa shape index (κ1) is 12.1. The number of amides is 1. The lowest BCUT2D eigenvalue weighted by Crippen LogP contribution is -2.27. The summed E-state index contributed by atoms with van der Waals surface area (Å²) in [5, 5.41) is 0. The zero-order valence-corrected chi connectivity index (χ0v) is 10.3. The van der Waals surface area contributed by atoms with Gasteiger partial charge in [0.1, 0.15) is 5.82 Å². The maximum Gasteiger partial charge on any atom is 0.259 e. The molecule has 1 amide bonds. The van der Waals surface area contributed by atoms with Crippen molar-refractivity contribution >= 4 is 11.7 Å². The van der Waals surface area contributed by atoms with Crippen molar-refractivity contribution in [3.05, 3.63) is 54.1 Å². The Hall–Kier alpha value is -2.36. The third kappa shape index (κ3) is 2.48. The van der Waals surface area contributed by atoms with E-state index >= 15 is 0 Å². The first-order chi connectivity index (χ1) is 8.72. The molecule has 18 heavy (non-hydrogen) atoms. The zero-order valence-electron chi connectivity index (χ0n) is 10.3. The normalized spacial score (nSPS) is 9.89. The molecule has 0 radical (unpaired) electrons. The molecule has 2 rings (SSSR count). The van der Waals surface area contributed by atoms with Crippen molar-refractivity contribution in [1.29, 1.82) is 0 Å². The summed E-state index contributed by atoms with van der Waals surface area (Å²) in [4.78, 5) is 17.9. The highest BCUT2D eigenvalue weighted by Gasteiger charge is 2.14. The van der Waals surface area contributed by atoms with Crippen LogP contribution in [0.5, 0.6) is 5.88 Å². The predicted molar refractivity (Wildman–Crippen MR) is 70.0 cm³/mol. The number of anilines is 1. The summed E-state index contributed by atoms with van der Waals surface area (Å²) >= 11 is 0. The van der Waals surface area contributed by atoms with Gasteiger partial charge in [-0.05, 0) is 18.2 Å². The molecule has 1 aromatic carbocycles. The maximum atomic E-state index is 12.2. The van der Waals surface area contributed by atoms with E-state index in [1.807, 2.05) is 18.2 Å². The second-order valence-electron chi connectivity index (χ2n) is 3.77. The van der Waals surface area contributed by atoms with E-state index in [0.29, 0.717) is 17.3 Å². The molecule has 0 aliphatic carbocycles. The van der Waals surface area contributed by atoms with Gasteiger partial charge in [0.15, 0.2) is 0 Å². The second kappa shape index (κ2) is 5.31. The summed E-state index contributed by atoms with van der Waals surface area (Å²) in [5.74, 6) is 0.944. The molecule has 0 bridgehead atoms. The molecule has 0 N–H and O–H groups in total. The van der Waals surface area contributed by atoms with Gasteiger partial charge in [-0.25, -0.2) is 0 Å². The largest absolute Gasteiger partial charge is 0.481 e. The Morgan fingerprint density at radius 1 is 1.11 bits per heavy atom. The Kier molecular flexibility index (Phi) is 3.57. The minimum absolute atomic E-state index is 0.101. The smallest absolute Gasteiger partial charge is 0.259 e. The summed E-state index contributed by atoms with van der Waals surface area (Å²) in [6.45, 7) is 0. The van der Waals surface area contributed by atoms with Crippen molar-refractivity contribution in [2.75, 3.05) is 19.1 Å². The zero-order chi connectivity index (χ0) is 13.0. The molecule has 1 aromatic heterocycles. The lowest BCUT2D eigenvalue weighted by molar-refractivity contribution is 0.0992. The van der Waals surface area contributed by atoms with E-state index < -0.39 is 0 Å². The van der Waals surface area contributed by atoms with Crippen LogP contribution in [0.1, 0.15) is 10.4 Å². The SMILES string of the molecule is COc1cccc(N(C)C(=O)c2ccccc2)n1. The third-order valence-electron chi connectivity index (χ3n) is 2.59. The van der Waals surface area contributed by atoms with Crippen LogP contribution in [0.15, 0.2) is 48.5 Å². The number of rotatable bonds is 3. The quantitative estimate of drug-likeness (QED) is 0.829. The molecule has 0 unspecified atom stereocenters. The van der Waals surface area contributed by atoms with Gasteiger partial charge < -0.3 is 4.74 Å². The fourth-order valence-corrected chi connectivity index (χ4v) is 1.58. The number of carbonyl (C=O) groups excluding carboxylic acids is 1. The number of ether oxygens (including phenoxy) is 1. The lowest BCUT2D eigenvalue weighted by Gasteiger charge is -2.16. The standard InChI is InChI=1S/C14H14N2O2/c1-16(12-9-6-10-13(15-12)18-2)14(17)11-7-4-3-5-8-11/h3-10H,1-2H3. The van der Waals surface area contributed by atoms with E-state index in [4.69, 9.17) is 4.74 Å². The van der Waals surface area contributed by atoms with E-state index in [-0.39, 0.29) is 5.91 Å². The molecular weight excluding hydrogens is 228 g/mol. The first-order valence-electron chi connectivity index (χ1n) is 5.56. The summed E-state index contributed by atoms with van der Waals surface area (Å²) in [5.41, 5.74) is 0.629. The number of pyridine rings is 1. The van der Waals surface area contributed by atoms with Crippen LogP contribution in [-0.2, 0) is 0 Å². The summed E-state index contributed by atoms with van der Waals surface area (Å²) < 4.78 is 5.04. The topological polar surface area (TPSA) is 42.4 Å². The predicted octanol–water partition coefficient (Wildman–Crippen LogP) is 2.37. The van der Waals surface area contributed by atoms with Gasteiger partial charge in [-0.3, -0.25) is 9.69 Å². The van der Waals surface area contributed by atoms with Gasteiger partial charge in [0.2, 0.25) is 5.88 Å². The van der Waals surface area contributed by atoms with Crippen LogP contribution in [0, 0.1) is 0 Å². The molecular formula is C14H14N2O2. The molecule has 0 saturated heterocycles. The van der Waals surface area contributed by atoms with Gasteiger partial charge in [0.25, 0.3) is 5.91 Å². The molecule has 92 valence electrons. The van der Waals surface area contributed by atoms with E-state index in [2.05, 4.69) is 4.98 Å². The number of hydrogen-bond acceptors (Lipinski definition) is 3. The van der Waals surface area contributed by atoms with Gasteiger partial charge in [0.05, 0.1) is 7.11 Å². The minimum atomic E-state index is -0.101. The molecule has 0 saturated carbocycles. The van der Waals surface area contributed by atoms with Gasteiger partial charge in [-0.15, -0.1) is 0 Å². The fourth-order valence-electron chi connectivity index (χ4n) is 1.58. The third-order valence-corrected chi connectivity index (χ3v) is 2.59. The number of carbonyl (C=O) groups is 1. The molecule has 4 heteroatoms. The number of benzene rings is 1. The van der Waals surface area contributed by atoms with Crippen LogP contribution >= 0.6 is 0 Å². The highest BCUT2D eigenvalue weighted by molar-refractivity contribution is 6.05. The second-order valence-corrected chi connectivity index (χ2v) is 3.77. The van der Waals surface area contributed by atoms with Crippen molar-refractivity contribution in [2.24, 2.45) is 0 Å². The summed E-state index contributed by atoms with van der Waals surface area (Å²) in [6, 6.07) is 14.4. The van der Waals surface area contributed by atoms with E-state index in [9.17, 15) is 4.79 Å². The summed E-state index contributed by atoms with van der Waals surface area (Å²) in [7, 11) is 3.24. The molecule has 0 aliphatic heterocycles. The van der Waals surface area contributed by atoms with Crippen LogP contribution in [0.3, 0.4) is 0 Å². The summed E-state index contributed by atoms with van der Waals surface area (Å²) in [6.07, 6.45) is 0. The highest BCUT2D eigenvalue weighted by atomic mass is 16.5. The van der Waals surface area contributed by atoms with Crippen molar-refractivity contribution < 1.29 is 9.53 Å². The van der Waals surface area contributed by atoms with Crippen LogP contribution in [-0.4, -0.2) is 25.0 Å². The number of hydrogen-bond donors (Lipinski definition) is 0. The fraction of sp³-hybridized carbons (Fsp3) is 0.143. The van der Waals surface area contributed by atoms with Gasteiger partial charge in [-0.2, -0.15) is 4.98 Å². The number of aromatic nitrogens is 1. The molecule has 0 spiro atoms. The average molecular weight is 242 g/mol. The molecule has 0 atom stereocenters. The van der Waals surface area contributed by atoms with Gasteiger partial charge in [0, 0.05) is 18.7 Å². The maximum absolute atomic E-state index is 12.2. The van der Waals surface area contributed by atoms with Crippen LogP contribution in [0.25, 0.3) is 0 Å². The number of methoxy groups -OCH3 is 1. The molecule has 4 nitrogen and oxygen atoms in total. The van der Waals surface area contributed by atoms with E-state index in [0.717, 1.165) is 0 Å². The monoisotopic (exact) mass is 242 g/mol. The molecule has 1 heterocycles. The van der Waals surface area contributed by atoms with Crippen LogP contribution in [0.2, 0.25) is 0 Å². The van der Waals surface area contributed by atoms with Crippen molar-refractivity contribution in [2.45, 2.75) is 0 Å². The Morgan fingerprint density at radius 3 is 2.50 bits per heavy atom. The number of nitrogens with zero attached hydrogens (tertiary/aromatic N) is 2. The van der Waals surface area contributed by atoms with E-state index in [1.54, 1.807) is 44.5 Å². The Labute approximate surface area is 106 Å².